The fourth-order valence-electron chi connectivity index (χ4n) is 1.24. The fourth-order valence-corrected chi connectivity index (χ4v) is 1.24. The van der Waals surface area contributed by atoms with Crippen LogP contribution >= 0.6 is 0 Å². The number of halogens is 1. The second-order valence-corrected chi connectivity index (χ2v) is 3.37. The van der Waals surface area contributed by atoms with Gasteiger partial charge in [0.15, 0.2) is 0 Å². The highest BCUT2D eigenvalue weighted by Gasteiger charge is 2.06. The van der Waals surface area contributed by atoms with Gasteiger partial charge in [-0.15, -0.1) is 0 Å². The number of hydrogen-bond donors (Lipinski definition) is 0. The monoisotopic (exact) mass is 178 g/mol. The van der Waals surface area contributed by atoms with Crippen LogP contribution in [0.1, 0.15) is 30.0 Å². The average molecular weight is 178 g/mol. The smallest absolute Gasteiger partial charge is 0.130 e. The lowest BCUT2D eigenvalue weighted by molar-refractivity contribution is 0.621. The summed E-state index contributed by atoms with van der Waals surface area (Å²) in [7, 11) is 0. The predicted molar refractivity (Wildman–Crippen MR) is 55.2 cm³/mol. The number of benzene rings is 1. The molecule has 70 valence electrons. The second kappa shape index (κ2) is 3.73. The zero-order valence-corrected chi connectivity index (χ0v) is 8.45. The van der Waals surface area contributed by atoms with Crippen LogP contribution in [0.15, 0.2) is 18.7 Å². The molecule has 1 aromatic rings. The summed E-state index contributed by atoms with van der Waals surface area (Å²) in [5, 5.41) is 0. The Morgan fingerprint density at radius 1 is 1.31 bits per heavy atom. The lowest BCUT2D eigenvalue weighted by Crippen LogP contribution is -1.92. The molecule has 0 bridgehead atoms. The summed E-state index contributed by atoms with van der Waals surface area (Å²) in [4.78, 5) is 0. The molecule has 0 aromatic heterocycles. The minimum Gasteiger partial charge on any atom is -0.206 e. The molecule has 0 atom stereocenters. The van der Waals surface area contributed by atoms with E-state index in [9.17, 15) is 4.39 Å². The standard InChI is InChI=1S/C12H15F/c1-5-8(2)11-6-9(3)10(4)7-12(11)13/h6-7H,2,5H2,1,3-4H3. The van der Waals surface area contributed by atoms with Crippen molar-refractivity contribution in [3.63, 3.8) is 0 Å². The Hall–Kier alpha value is -1.11. The molecule has 1 heteroatoms. The first kappa shape index (κ1) is 9.97. The quantitative estimate of drug-likeness (QED) is 0.645. The van der Waals surface area contributed by atoms with Crippen LogP contribution in [0.25, 0.3) is 5.57 Å². The Kier molecular flexibility index (Phi) is 2.86. The Bertz CT molecular complexity index is 337. The predicted octanol–water partition coefficient (Wildman–Crippen LogP) is 3.87. The highest BCUT2D eigenvalue weighted by atomic mass is 19.1. The summed E-state index contributed by atoms with van der Waals surface area (Å²) in [5.41, 5.74) is 3.63. The Morgan fingerprint density at radius 2 is 1.85 bits per heavy atom. The van der Waals surface area contributed by atoms with Gasteiger partial charge in [-0.25, -0.2) is 4.39 Å². The largest absolute Gasteiger partial charge is 0.206 e. The number of aryl methyl sites for hydroxylation is 2. The molecule has 0 aliphatic carbocycles. The molecule has 1 rings (SSSR count). The van der Waals surface area contributed by atoms with Crippen molar-refractivity contribution in [2.45, 2.75) is 27.2 Å². The zero-order chi connectivity index (χ0) is 10.0. The molecule has 0 unspecified atom stereocenters. The van der Waals surface area contributed by atoms with E-state index in [4.69, 9.17) is 0 Å². The minimum absolute atomic E-state index is 0.157. The van der Waals surface area contributed by atoms with Gasteiger partial charge in [0.2, 0.25) is 0 Å². The first-order chi connectivity index (χ1) is 6.06. The lowest BCUT2D eigenvalue weighted by atomic mass is 9.99. The lowest BCUT2D eigenvalue weighted by Gasteiger charge is -2.08. The first-order valence-electron chi connectivity index (χ1n) is 4.51. The Labute approximate surface area is 79.1 Å². The van der Waals surface area contributed by atoms with Gasteiger partial charge >= 0.3 is 0 Å². The molecule has 0 saturated heterocycles. The van der Waals surface area contributed by atoms with Gasteiger partial charge in [0.05, 0.1) is 0 Å². The average Bonchev–Trinajstić information content (AvgIpc) is 2.10. The third kappa shape index (κ3) is 1.97. The fraction of sp³-hybridized carbons (Fsp3) is 0.333. The van der Waals surface area contributed by atoms with E-state index in [2.05, 4.69) is 6.58 Å². The molecule has 13 heavy (non-hydrogen) atoms. The maximum absolute atomic E-state index is 13.4. The van der Waals surface area contributed by atoms with Crippen molar-refractivity contribution in [3.8, 4) is 0 Å². The van der Waals surface area contributed by atoms with Crippen LogP contribution in [0.3, 0.4) is 0 Å². The molecule has 0 N–H and O–H groups in total. The van der Waals surface area contributed by atoms with Gasteiger partial charge in [0.1, 0.15) is 5.82 Å². The summed E-state index contributed by atoms with van der Waals surface area (Å²) in [6.07, 6.45) is 0.791. The molecule has 0 radical (unpaired) electrons. The van der Waals surface area contributed by atoms with Crippen molar-refractivity contribution in [3.05, 3.63) is 41.2 Å². The SMILES string of the molecule is C=C(CC)c1cc(C)c(C)cc1F. The summed E-state index contributed by atoms with van der Waals surface area (Å²) in [6, 6.07) is 3.45. The van der Waals surface area contributed by atoms with Crippen LogP contribution in [-0.2, 0) is 0 Å². The van der Waals surface area contributed by atoms with E-state index < -0.39 is 0 Å². The molecular formula is C12H15F. The summed E-state index contributed by atoms with van der Waals surface area (Å²) >= 11 is 0. The number of hydrogen-bond acceptors (Lipinski definition) is 0. The van der Waals surface area contributed by atoms with Gasteiger partial charge in [-0.1, -0.05) is 13.5 Å². The molecule has 1 aromatic carbocycles. The third-order valence-corrected chi connectivity index (χ3v) is 2.39. The van der Waals surface area contributed by atoms with Crippen LogP contribution in [-0.4, -0.2) is 0 Å². The van der Waals surface area contributed by atoms with E-state index in [0.717, 1.165) is 23.1 Å². The van der Waals surface area contributed by atoms with Gasteiger partial charge in [-0.2, -0.15) is 0 Å². The first-order valence-corrected chi connectivity index (χ1v) is 4.51. The van der Waals surface area contributed by atoms with Crippen LogP contribution in [0.2, 0.25) is 0 Å². The van der Waals surface area contributed by atoms with Crippen LogP contribution in [0, 0.1) is 19.7 Å². The topological polar surface area (TPSA) is 0 Å². The molecule has 0 aliphatic heterocycles. The summed E-state index contributed by atoms with van der Waals surface area (Å²) in [6.45, 7) is 9.72. The molecule has 0 heterocycles. The van der Waals surface area contributed by atoms with Crippen molar-refractivity contribution in [2.75, 3.05) is 0 Å². The van der Waals surface area contributed by atoms with Crippen molar-refractivity contribution >= 4 is 5.57 Å². The highest BCUT2D eigenvalue weighted by molar-refractivity contribution is 5.64. The number of allylic oxidation sites excluding steroid dienone is 1. The van der Waals surface area contributed by atoms with Gasteiger partial charge in [-0.3, -0.25) is 0 Å². The highest BCUT2D eigenvalue weighted by Crippen LogP contribution is 2.22. The summed E-state index contributed by atoms with van der Waals surface area (Å²) in [5.74, 6) is -0.157. The third-order valence-electron chi connectivity index (χ3n) is 2.39. The molecular weight excluding hydrogens is 163 g/mol. The van der Waals surface area contributed by atoms with Gasteiger partial charge in [-0.05, 0) is 49.1 Å². The van der Waals surface area contributed by atoms with Crippen LogP contribution in [0.5, 0.6) is 0 Å². The minimum atomic E-state index is -0.157. The van der Waals surface area contributed by atoms with Gasteiger partial charge in [0, 0.05) is 5.56 Å². The molecule has 0 fully saturated rings. The van der Waals surface area contributed by atoms with E-state index in [1.807, 2.05) is 26.8 Å². The maximum atomic E-state index is 13.4. The van der Waals surface area contributed by atoms with E-state index in [1.54, 1.807) is 6.07 Å². The normalized spacial score (nSPS) is 10.2. The maximum Gasteiger partial charge on any atom is 0.130 e. The summed E-state index contributed by atoms with van der Waals surface area (Å²) < 4.78 is 13.4. The van der Waals surface area contributed by atoms with Gasteiger partial charge < -0.3 is 0 Å². The molecule has 0 saturated carbocycles. The van der Waals surface area contributed by atoms with Crippen molar-refractivity contribution in [2.24, 2.45) is 0 Å². The molecule has 0 spiro atoms. The Morgan fingerprint density at radius 3 is 2.38 bits per heavy atom. The van der Waals surface area contributed by atoms with Crippen molar-refractivity contribution < 1.29 is 4.39 Å². The van der Waals surface area contributed by atoms with Crippen LogP contribution < -0.4 is 0 Å². The number of rotatable bonds is 2. The molecule has 0 amide bonds. The Balaban J connectivity index is 3.23. The van der Waals surface area contributed by atoms with E-state index in [-0.39, 0.29) is 5.82 Å². The van der Waals surface area contributed by atoms with E-state index in [1.165, 1.54) is 0 Å². The second-order valence-electron chi connectivity index (χ2n) is 3.37. The molecule has 0 aliphatic rings. The van der Waals surface area contributed by atoms with Crippen molar-refractivity contribution in [1.29, 1.82) is 0 Å². The van der Waals surface area contributed by atoms with E-state index in [0.29, 0.717) is 5.56 Å². The van der Waals surface area contributed by atoms with Crippen LogP contribution in [0.4, 0.5) is 4.39 Å². The molecule has 0 nitrogen and oxygen atoms in total. The zero-order valence-electron chi connectivity index (χ0n) is 8.45. The van der Waals surface area contributed by atoms with E-state index >= 15 is 0 Å². The van der Waals surface area contributed by atoms with Gasteiger partial charge in [0.25, 0.3) is 0 Å². The van der Waals surface area contributed by atoms with Crippen molar-refractivity contribution in [1.82, 2.24) is 0 Å².